The number of guanidine groups is 1. The van der Waals surface area contributed by atoms with Gasteiger partial charge < -0.3 is 15.3 Å². The Labute approximate surface area is 134 Å². The average molecular weight is 381 g/mol. The van der Waals surface area contributed by atoms with Crippen molar-refractivity contribution < 1.29 is 5.11 Å². The van der Waals surface area contributed by atoms with Gasteiger partial charge in [0.05, 0.1) is 12.1 Å². The highest BCUT2D eigenvalue weighted by atomic mass is 127. The fraction of sp³-hybridized carbons (Fsp3) is 0.929. The van der Waals surface area contributed by atoms with E-state index in [4.69, 9.17) is 0 Å². The van der Waals surface area contributed by atoms with E-state index in [2.05, 4.69) is 29.1 Å². The molecule has 0 atom stereocenters. The fourth-order valence-electron chi connectivity index (χ4n) is 2.61. The minimum Gasteiger partial charge on any atom is -0.388 e. The van der Waals surface area contributed by atoms with Crippen molar-refractivity contribution in [3.63, 3.8) is 0 Å². The van der Waals surface area contributed by atoms with Gasteiger partial charge in [0, 0.05) is 19.6 Å². The number of aliphatic hydroxyl groups is 1. The van der Waals surface area contributed by atoms with Crippen LogP contribution in [0.3, 0.4) is 0 Å². The van der Waals surface area contributed by atoms with E-state index in [-0.39, 0.29) is 24.0 Å². The summed E-state index contributed by atoms with van der Waals surface area (Å²) in [5.41, 5.74) is -0.510. The number of nitrogens with one attached hydrogen (secondary N) is 1. The maximum absolute atomic E-state index is 10.1. The van der Waals surface area contributed by atoms with Gasteiger partial charge in [0.15, 0.2) is 5.96 Å². The summed E-state index contributed by atoms with van der Waals surface area (Å²) in [7, 11) is 0. The van der Waals surface area contributed by atoms with Crippen LogP contribution < -0.4 is 5.32 Å². The molecule has 4 nitrogen and oxygen atoms in total. The molecular weight excluding hydrogens is 353 g/mol. The Morgan fingerprint density at radius 1 is 1.37 bits per heavy atom. The molecule has 0 unspecified atom stereocenters. The Morgan fingerprint density at radius 2 is 2.00 bits per heavy atom. The summed E-state index contributed by atoms with van der Waals surface area (Å²) < 4.78 is 0. The number of piperidine rings is 1. The highest BCUT2D eigenvalue weighted by molar-refractivity contribution is 14.0. The molecule has 19 heavy (non-hydrogen) atoms. The number of hydrogen-bond acceptors (Lipinski definition) is 2. The van der Waals surface area contributed by atoms with E-state index in [1.54, 1.807) is 0 Å². The zero-order valence-electron chi connectivity index (χ0n) is 12.2. The summed E-state index contributed by atoms with van der Waals surface area (Å²) in [5.74, 6) is 1.82. The first-order valence-corrected chi connectivity index (χ1v) is 7.38. The molecule has 1 heterocycles. The van der Waals surface area contributed by atoms with Crippen LogP contribution in [-0.2, 0) is 0 Å². The van der Waals surface area contributed by atoms with E-state index in [0.29, 0.717) is 6.54 Å². The van der Waals surface area contributed by atoms with Gasteiger partial charge in [-0.2, -0.15) is 0 Å². The lowest BCUT2D eigenvalue weighted by atomic mass is 9.80. The molecule has 1 saturated heterocycles. The van der Waals surface area contributed by atoms with Gasteiger partial charge >= 0.3 is 0 Å². The molecule has 1 saturated carbocycles. The van der Waals surface area contributed by atoms with Gasteiger partial charge in [-0.3, -0.25) is 4.99 Å². The maximum Gasteiger partial charge on any atom is 0.194 e. The van der Waals surface area contributed by atoms with E-state index in [1.165, 1.54) is 12.8 Å². The third kappa shape index (κ3) is 4.77. The van der Waals surface area contributed by atoms with Gasteiger partial charge in [0.2, 0.25) is 0 Å². The molecule has 0 aromatic heterocycles. The Morgan fingerprint density at radius 3 is 2.47 bits per heavy atom. The largest absolute Gasteiger partial charge is 0.388 e. The summed E-state index contributed by atoms with van der Waals surface area (Å²) in [6, 6.07) is 0. The topological polar surface area (TPSA) is 47.9 Å². The summed E-state index contributed by atoms with van der Waals surface area (Å²) >= 11 is 0. The molecule has 5 heteroatoms. The van der Waals surface area contributed by atoms with Crippen LogP contribution >= 0.6 is 24.0 Å². The Kier molecular flexibility index (Phi) is 6.86. The van der Waals surface area contributed by atoms with Crippen molar-refractivity contribution in [1.82, 2.24) is 10.2 Å². The fourth-order valence-corrected chi connectivity index (χ4v) is 2.61. The van der Waals surface area contributed by atoms with Crippen LogP contribution in [0.15, 0.2) is 4.99 Å². The molecule has 2 rings (SSSR count). The monoisotopic (exact) mass is 381 g/mol. The minimum atomic E-state index is -0.510. The number of aliphatic imine (C=N–C) groups is 1. The van der Waals surface area contributed by atoms with Crippen LogP contribution in [0.1, 0.15) is 46.0 Å². The standard InChI is InChI=1S/C14H27N3O.HI/c1-3-15-13(16-11-14(18)7-4-8-14)17-9-5-12(2)6-10-17;/h12,18H,3-11H2,1-2H3,(H,15,16);1H. The number of likely N-dealkylation sites (tertiary alicyclic amines) is 1. The predicted molar refractivity (Wildman–Crippen MR) is 90.2 cm³/mol. The van der Waals surface area contributed by atoms with E-state index < -0.39 is 5.60 Å². The first-order chi connectivity index (χ1) is 8.63. The van der Waals surface area contributed by atoms with E-state index in [9.17, 15) is 5.11 Å². The van der Waals surface area contributed by atoms with Gasteiger partial charge in [-0.05, 0) is 44.9 Å². The lowest BCUT2D eigenvalue weighted by Gasteiger charge is -2.37. The number of nitrogens with zero attached hydrogens (tertiary/aromatic N) is 2. The normalized spacial score (nSPS) is 23.5. The molecule has 0 bridgehead atoms. The first-order valence-electron chi connectivity index (χ1n) is 7.38. The van der Waals surface area contributed by atoms with Gasteiger partial charge in [-0.15, -0.1) is 24.0 Å². The van der Waals surface area contributed by atoms with Gasteiger partial charge in [-0.25, -0.2) is 0 Å². The molecule has 112 valence electrons. The second-order valence-electron chi connectivity index (χ2n) is 5.92. The molecule has 1 aliphatic heterocycles. The highest BCUT2D eigenvalue weighted by Gasteiger charge is 2.34. The molecule has 0 aromatic carbocycles. The van der Waals surface area contributed by atoms with Crippen molar-refractivity contribution in [3.05, 3.63) is 0 Å². The van der Waals surface area contributed by atoms with Crippen molar-refractivity contribution >= 4 is 29.9 Å². The molecule has 0 amide bonds. The molecular formula is C14H28IN3O. The van der Waals surface area contributed by atoms with E-state index >= 15 is 0 Å². The smallest absolute Gasteiger partial charge is 0.194 e. The van der Waals surface area contributed by atoms with Crippen LogP contribution in [0.25, 0.3) is 0 Å². The summed E-state index contributed by atoms with van der Waals surface area (Å²) in [6.07, 6.45) is 5.45. The number of rotatable bonds is 3. The predicted octanol–water partition coefficient (Wildman–Crippen LogP) is 2.22. The average Bonchev–Trinajstić information content (AvgIpc) is 2.33. The summed E-state index contributed by atoms with van der Waals surface area (Å²) in [4.78, 5) is 6.98. The molecule has 2 N–H and O–H groups in total. The van der Waals surface area contributed by atoms with Gasteiger partial charge in [-0.1, -0.05) is 6.92 Å². The quantitative estimate of drug-likeness (QED) is 0.448. The van der Waals surface area contributed by atoms with Crippen molar-refractivity contribution in [2.75, 3.05) is 26.2 Å². The van der Waals surface area contributed by atoms with Crippen molar-refractivity contribution in [2.24, 2.45) is 10.9 Å². The Balaban J connectivity index is 0.00000180. The molecule has 0 aromatic rings. The molecule has 2 aliphatic rings. The lowest BCUT2D eigenvalue weighted by molar-refractivity contribution is -0.0238. The van der Waals surface area contributed by atoms with Crippen LogP contribution in [0.4, 0.5) is 0 Å². The maximum atomic E-state index is 10.1. The number of halogens is 1. The zero-order chi connectivity index (χ0) is 13.0. The SMILES string of the molecule is CCNC(=NCC1(O)CCC1)N1CCC(C)CC1.I. The lowest BCUT2D eigenvalue weighted by Crippen LogP contribution is -2.47. The van der Waals surface area contributed by atoms with Crippen LogP contribution in [0, 0.1) is 5.92 Å². The Bertz CT molecular complexity index is 297. The van der Waals surface area contributed by atoms with Gasteiger partial charge in [0.25, 0.3) is 0 Å². The summed E-state index contributed by atoms with van der Waals surface area (Å²) in [5, 5.41) is 13.5. The zero-order valence-corrected chi connectivity index (χ0v) is 14.5. The molecule has 0 spiro atoms. The molecule has 2 fully saturated rings. The Hall–Kier alpha value is -0.0400. The first kappa shape index (κ1) is 17.0. The van der Waals surface area contributed by atoms with Crippen LogP contribution in [0.2, 0.25) is 0 Å². The minimum absolute atomic E-state index is 0. The third-order valence-corrected chi connectivity index (χ3v) is 4.23. The second-order valence-corrected chi connectivity index (χ2v) is 5.92. The van der Waals surface area contributed by atoms with Crippen molar-refractivity contribution in [2.45, 2.75) is 51.6 Å². The van der Waals surface area contributed by atoms with Gasteiger partial charge in [0.1, 0.15) is 0 Å². The van der Waals surface area contributed by atoms with Crippen LogP contribution in [-0.4, -0.2) is 47.7 Å². The molecule has 1 aliphatic carbocycles. The van der Waals surface area contributed by atoms with E-state index in [1.807, 2.05) is 0 Å². The second kappa shape index (κ2) is 7.67. The van der Waals surface area contributed by atoms with Crippen molar-refractivity contribution in [1.29, 1.82) is 0 Å². The van der Waals surface area contributed by atoms with E-state index in [0.717, 1.165) is 50.8 Å². The molecule has 0 radical (unpaired) electrons. The summed E-state index contributed by atoms with van der Waals surface area (Å²) in [6.45, 7) is 8.04. The third-order valence-electron chi connectivity index (χ3n) is 4.23. The van der Waals surface area contributed by atoms with Crippen molar-refractivity contribution in [3.8, 4) is 0 Å². The van der Waals surface area contributed by atoms with Crippen LogP contribution in [0.5, 0.6) is 0 Å². The highest BCUT2D eigenvalue weighted by Crippen LogP contribution is 2.31. The number of hydrogen-bond donors (Lipinski definition) is 2.